The Balaban J connectivity index is 2.87. The van der Waals surface area contributed by atoms with Crippen LogP contribution >= 0.6 is 0 Å². The van der Waals surface area contributed by atoms with Gasteiger partial charge in [-0.2, -0.15) is 0 Å². The van der Waals surface area contributed by atoms with Crippen molar-refractivity contribution in [3.8, 4) is 0 Å². The van der Waals surface area contributed by atoms with Crippen molar-refractivity contribution in [3.63, 3.8) is 0 Å². The van der Waals surface area contributed by atoms with Crippen molar-refractivity contribution < 1.29 is 4.74 Å². The molecule has 1 aromatic heterocycles. The van der Waals surface area contributed by atoms with E-state index in [1.54, 1.807) is 4.68 Å². The molecule has 2 atom stereocenters. The first-order chi connectivity index (χ1) is 7.57. The van der Waals surface area contributed by atoms with Gasteiger partial charge in [-0.05, 0) is 30.2 Å². The summed E-state index contributed by atoms with van der Waals surface area (Å²) < 4.78 is 7.24. The number of nitrogens with two attached hydrogens (primary N) is 1. The predicted octanol–water partition coefficient (Wildman–Crippen LogP) is 0.926. The Hall–Kier alpha value is -1.01. The van der Waals surface area contributed by atoms with Gasteiger partial charge in [0.15, 0.2) is 5.82 Å². The maximum absolute atomic E-state index is 5.82. The van der Waals surface area contributed by atoms with Crippen LogP contribution in [0.1, 0.15) is 45.6 Å². The van der Waals surface area contributed by atoms with Gasteiger partial charge in [-0.25, -0.2) is 4.68 Å². The summed E-state index contributed by atoms with van der Waals surface area (Å²) in [7, 11) is 0. The van der Waals surface area contributed by atoms with Gasteiger partial charge in [0, 0.05) is 6.61 Å². The standard InChI is InChI=1S/C10H21N5O/c1-5-16-6-9(7(2)3)15-10(8(4)11)12-13-14-15/h7-9H,5-6,11H2,1-4H3. The van der Waals surface area contributed by atoms with E-state index in [1.165, 1.54) is 0 Å². The summed E-state index contributed by atoms with van der Waals surface area (Å²) in [5.74, 6) is 1.10. The van der Waals surface area contributed by atoms with Gasteiger partial charge < -0.3 is 10.5 Å². The average Bonchev–Trinajstić information content (AvgIpc) is 2.66. The topological polar surface area (TPSA) is 78.8 Å². The minimum absolute atomic E-state index is 0.135. The molecule has 0 bridgehead atoms. The highest BCUT2D eigenvalue weighted by atomic mass is 16.5. The SMILES string of the molecule is CCOCC(C(C)C)n1nnnc1C(C)N. The summed E-state index contributed by atoms with van der Waals surface area (Å²) in [5, 5.41) is 11.6. The van der Waals surface area contributed by atoms with Crippen LogP contribution in [0.15, 0.2) is 0 Å². The molecule has 1 rings (SSSR count). The van der Waals surface area contributed by atoms with E-state index in [0.717, 1.165) is 0 Å². The van der Waals surface area contributed by atoms with Crippen LogP contribution in [0.25, 0.3) is 0 Å². The zero-order chi connectivity index (χ0) is 12.1. The lowest BCUT2D eigenvalue weighted by atomic mass is 10.1. The third-order valence-corrected chi connectivity index (χ3v) is 2.50. The van der Waals surface area contributed by atoms with E-state index in [2.05, 4.69) is 29.4 Å². The van der Waals surface area contributed by atoms with E-state index in [1.807, 2.05) is 13.8 Å². The highest BCUT2D eigenvalue weighted by Crippen LogP contribution is 2.20. The molecule has 0 aliphatic heterocycles. The van der Waals surface area contributed by atoms with E-state index in [-0.39, 0.29) is 12.1 Å². The second kappa shape index (κ2) is 5.91. The molecule has 6 heteroatoms. The van der Waals surface area contributed by atoms with Crippen molar-refractivity contribution in [3.05, 3.63) is 5.82 Å². The first kappa shape index (κ1) is 13.1. The molecule has 0 aliphatic rings. The van der Waals surface area contributed by atoms with Crippen molar-refractivity contribution in [1.29, 1.82) is 0 Å². The molecule has 0 amide bonds. The summed E-state index contributed by atoms with van der Waals surface area (Å²) in [4.78, 5) is 0. The van der Waals surface area contributed by atoms with Crippen LogP contribution < -0.4 is 5.73 Å². The molecule has 92 valence electrons. The smallest absolute Gasteiger partial charge is 0.168 e. The quantitative estimate of drug-likeness (QED) is 0.782. The highest BCUT2D eigenvalue weighted by Gasteiger charge is 2.22. The lowest BCUT2D eigenvalue weighted by Gasteiger charge is -2.22. The largest absolute Gasteiger partial charge is 0.380 e. The van der Waals surface area contributed by atoms with Gasteiger partial charge in [-0.1, -0.05) is 13.8 Å². The fourth-order valence-electron chi connectivity index (χ4n) is 1.52. The van der Waals surface area contributed by atoms with Gasteiger partial charge in [0.25, 0.3) is 0 Å². The Labute approximate surface area is 96.2 Å². The molecule has 1 heterocycles. The minimum Gasteiger partial charge on any atom is -0.380 e. The summed E-state index contributed by atoms with van der Waals surface area (Å²) in [6, 6.07) is -0.0335. The molecule has 0 fully saturated rings. The molecular formula is C10H21N5O. The Morgan fingerprint density at radius 2 is 2.06 bits per heavy atom. The van der Waals surface area contributed by atoms with E-state index in [9.17, 15) is 0 Å². The molecule has 16 heavy (non-hydrogen) atoms. The summed E-state index contributed by atoms with van der Waals surface area (Å²) in [5.41, 5.74) is 5.82. The molecule has 0 saturated carbocycles. The maximum Gasteiger partial charge on any atom is 0.168 e. The second-order valence-electron chi connectivity index (χ2n) is 4.24. The molecule has 2 N–H and O–H groups in total. The van der Waals surface area contributed by atoms with Gasteiger partial charge >= 0.3 is 0 Å². The molecule has 2 unspecified atom stereocenters. The summed E-state index contributed by atoms with van der Waals surface area (Å²) in [6.45, 7) is 9.40. The predicted molar refractivity (Wildman–Crippen MR) is 60.8 cm³/mol. The third kappa shape index (κ3) is 2.99. The van der Waals surface area contributed by atoms with E-state index < -0.39 is 0 Å². The van der Waals surface area contributed by atoms with Crippen LogP contribution in [-0.2, 0) is 4.74 Å². The lowest BCUT2D eigenvalue weighted by molar-refractivity contribution is 0.0888. The van der Waals surface area contributed by atoms with Crippen LogP contribution in [0.5, 0.6) is 0 Å². The first-order valence-electron chi connectivity index (χ1n) is 5.69. The number of ether oxygens (including phenoxy) is 1. The van der Waals surface area contributed by atoms with Crippen LogP contribution in [0.2, 0.25) is 0 Å². The van der Waals surface area contributed by atoms with Crippen molar-refractivity contribution >= 4 is 0 Å². The fraction of sp³-hybridized carbons (Fsp3) is 0.900. The van der Waals surface area contributed by atoms with E-state index in [4.69, 9.17) is 10.5 Å². The average molecular weight is 227 g/mol. The number of hydrogen-bond donors (Lipinski definition) is 1. The summed E-state index contributed by atoms with van der Waals surface area (Å²) >= 11 is 0. The number of rotatable bonds is 6. The Kier molecular flexibility index (Phi) is 4.82. The maximum atomic E-state index is 5.82. The van der Waals surface area contributed by atoms with Crippen molar-refractivity contribution in [2.24, 2.45) is 11.7 Å². The third-order valence-electron chi connectivity index (χ3n) is 2.50. The number of aromatic nitrogens is 4. The molecule has 0 spiro atoms. The van der Waals surface area contributed by atoms with Gasteiger partial charge in [-0.15, -0.1) is 5.10 Å². The molecule has 0 aliphatic carbocycles. The van der Waals surface area contributed by atoms with Crippen molar-refractivity contribution in [2.75, 3.05) is 13.2 Å². The summed E-state index contributed by atoms with van der Waals surface area (Å²) in [6.07, 6.45) is 0. The van der Waals surface area contributed by atoms with Crippen molar-refractivity contribution in [1.82, 2.24) is 20.2 Å². The van der Waals surface area contributed by atoms with Crippen LogP contribution in [0.3, 0.4) is 0 Å². The Morgan fingerprint density at radius 3 is 2.56 bits per heavy atom. The molecular weight excluding hydrogens is 206 g/mol. The molecule has 0 radical (unpaired) electrons. The zero-order valence-electron chi connectivity index (χ0n) is 10.4. The van der Waals surface area contributed by atoms with E-state index >= 15 is 0 Å². The number of hydrogen-bond acceptors (Lipinski definition) is 5. The van der Waals surface area contributed by atoms with E-state index in [0.29, 0.717) is 25.0 Å². The zero-order valence-corrected chi connectivity index (χ0v) is 10.4. The first-order valence-corrected chi connectivity index (χ1v) is 5.69. The van der Waals surface area contributed by atoms with Gasteiger partial charge in [-0.3, -0.25) is 0 Å². The Bertz CT molecular complexity index is 310. The number of nitrogens with zero attached hydrogens (tertiary/aromatic N) is 4. The monoisotopic (exact) mass is 227 g/mol. The minimum atomic E-state index is -0.169. The van der Waals surface area contributed by atoms with Gasteiger partial charge in [0.2, 0.25) is 0 Å². The highest BCUT2D eigenvalue weighted by molar-refractivity contribution is 4.91. The van der Waals surface area contributed by atoms with Gasteiger partial charge in [0.1, 0.15) is 0 Å². The van der Waals surface area contributed by atoms with Crippen LogP contribution in [-0.4, -0.2) is 33.4 Å². The fourth-order valence-corrected chi connectivity index (χ4v) is 1.52. The van der Waals surface area contributed by atoms with Crippen LogP contribution in [0.4, 0.5) is 0 Å². The van der Waals surface area contributed by atoms with Crippen LogP contribution in [0, 0.1) is 5.92 Å². The number of tetrazole rings is 1. The molecule has 0 aromatic carbocycles. The molecule has 6 nitrogen and oxygen atoms in total. The van der Waals surface area contributed by atoms with Crippen molar-refractivity contribution in [2.45, 2.75) is 39.8 Å². The van der Waals surface area contributed by atoms with Gasteiger partial charge in [0.05, 0.1) is 18.7 Å². The molecule has 1 aromatic rings. The normalized spacial score (nSPS) is 15.4. The lowest BCUT2D eigenvalue weighted by Crippen LogP contribution is -2.26. The Morgan fingerprint density at radius 1 is 1.38 bits per heavy atom. The molecule has 0 saturated heterocycles. The second-order valence-corrected chi connectivity index (χ2v) is 4.24.